The lowest BCUT2D eigenvalue weighted by Gasteiger charge is -2.12. The van der Waals surface area contributed by atoms with Gasteiger partial charge in [-0.2, -0.15) is 15.4 Å². The highest BCUT2D eigenvalue weighted by Gasteiger charge is 2.18. The van der Waals surface area contributed by atoms with Crippen LogP contribution in [0.1, 0.15) is 12.6 Å². The van der Waals surface area contributed by atoms with Gasteiger partial charge in [0.05, 0.1) is 25.0 Å². The van der Waals surface area contributed by atoms with Crippen LogP contribution in [0.15, 0.2) is 6.20 Å². The van der Waals surface area contributed by atoms with Gasteiger partial charge in [-0.05, 0) is 6.92 Å². The van der Waals surface area contributed by atoms with E-state index in [9.17, 15) is 9.59 Å². The van der Waals surface area contributed by atoms with Gasteiger partial charge in [0.2, 0.25) is 0 Å². The van der Waals surface area contributed by atoms with Crippen molar-refractivity contribution in [3.05, 3.63) is 11.9 Å². The van der Waals surface area contributed by atoms with Gasteiger partial charge in [-0.25, -0.2) is 4.79 Å². The van der Waals surface area contributed by atoms with E-state index in [2.05, 4.69) is 25.5 Å². The molecule has 0 aliphatic rings. The minimum atomic E-state index is -0.640. The number of aromatic nitrogens is 3. The van der Waals surface area contributed by atoms with E-state index in [1.807, 2.05) is 0 Å². The molecule has 7 heteroatoms. The van der Waals surface area contributed by atoms with Crippen molar-refractivity contribution in [2.24, 2.45) is 0 Å². The molecule has 0 fully saturated rings. The third-order valence-electron chi connectivity index (χ3n) is 1.85. The summed E-state index contributed by atoms with van der Waals surface area (Å²) in [6.45, 7) is 1.39. The number of aromatic amines is 1. The molecule has 2 N–H and O–H groups in total. The van der Waals surface area contributed by atoms with Gasteiger partial charge in [0.15, 0.2) is 5.78 Å². The first-order valence-electron chi connectivity index (χ1n) is 4.33. The molecule has 7 nitrogen and oxygen atoms in total. The number of nitrogens with one attached hydrogen (secondary N) is 2. The molecule has 0 saturated carbocycles. The zero-order chi connectivity index (χ0) is 11.3. The maximum atomic E-state index is 11.2. The van der Waals surface area contributed by atoms with Crippen LogP contribution >= 0.6 is 0 Å². The second-order valence-corrected chi connectivity index (χ2v) is 2.96. The summed E-state index contributed by atoms with van der Waals surface area (Å²) in [5, 5.41) is 12.2. The summed E-state index contributed by atoms with van der Waals surface area (Å²) in [6, 6.07) is -0.637. The Balaban J connectivity index is 2.59. The number of rotatable bonds is 4. The average molecular weight is 212 g/mol. The third kappa shape index (κ3) is 3.37. The Hall–Kier alpha value is -1.92. The number of carbonyl (C=O) groups is 2. The smallest absolute Gasteiger partial charge is 0.407 e. The Morgan fingerprint density at radius 3 is 2.87 bits per heavy atom. The second-order valence-electron chi connectivity index (χ2n) is 2.96. The molecule has 0 bridgehead atoms. The molecule has 1 heterocycles. The van der Waals surface area contributed by atoms with Crippen LogP contribution in [-0.4, -0.2) is 40.4 Å². The predicted octanol–water partition coefficient (Wildman–Crippen LogP) is -0.339. The van der Waals surface area contributed by atoms with Crippen LogP contribution < -0.4 is 5.32 Å². The Kier molecular flexibility index (Phi) is 3.78. The van der Waals surface area contributed by atoms with Crippen molar-refractivity contribution >= 4 is 11.9 Å². The molecule has 1 atom stereocenters. The van der Waals surface area contributed by atoms with Crippen LogP contribution in [0.25, 0.3) is 0 Å². The highest BCUT2D eigenvalue weighted by atomic mass is 16.5. The zero-order valence-corrected chi connectivity index (χ0v) is 8.48. The molecule has 0 aromatic carbocycles. The van der Waals surface area contributed by atoms with Crippen LogP contribution in [0.2, 0.25) is 0 Å². The molecule has 1 amide bonds. The molecule has 1 rings (SSSR count). The molecule has 15 heavy (non-hydrogen) atoms. The van der Waals surface area contributed by atoms with Crippen LogP contribution in [0.5, 0.6) is 0 Å². The lowest BCUT2D eigenvalue weighted by molar-refractivity contribution is -0.118. The number of carbonyl (C=O) groups excluding carboxylic acids is 2. The predicted molar refractivity (Wildman–Crippen MR) is 50.1 cm³/mol. The summed E-state index contributed by atoms with van der Waals surface area (Å²) < 4.78 is 4.40. The number of ketones is 1. The molecular weight excluding hydrogens is 200 g/mol. The number of hydrogen-bond acceptors (Lipinski definition) is 5. The Labute approximate surface area is 86.2 Å². The summed E-state index contributed by atoms with van der Waals surface area (Å²) in [7, 11) is 1.24. The number of ether oxygens (including phenoxy) is 1. The van der Waals surface area contributed by atoms with Crippen molar-refractivity contribution < 1.29 is 14.3 Å². The van der Waals surface area contributed by atoms with Gasteiger partial charge in [0.25, 0.3) is 0 Å². The zero-order valence-electron chi connectivity index (χ0n) is 8.48. The van der Waals surface area contributed by atoms with E-state index >= 15 is 0 Å². The summed E-state index contributed by atoms with van der Waals surface area (Å²) in [5.41, 5.74) is 0.603. The fourth-order valence-corrected chi connectivity index (χ4v) is 1.03. The van der Waals surface area contributed by atoms with Crippen molar-refractivity contribution in [1.82, 2.24) is 20.7 Å². The summed E-state index contributed by atoms with van der Waals surface area (Å²) in [5.74, 6) is -0.164. The van der Waals surface area contributed by atoms with E-state index < -0.39 is 12.1 Å². The molecular formula is C8H12N4O3. The van der Waals surface area contributed by atoms with E-state index in [0.29, 0.717) is 12.1 Å². The monoisotopic (exact) mass is 212 g/mol. The topological polar surface area (TPSA) is 97.0 Å². The van der Waals surface area contributed by atoms with Crippen molar-refractivity contribution in [2.45, 2.75) is 19.4 Å². The van der Waals surface area contributed by atoms with E-state index in [1.54, 1.807) is 0 Å². The van der Waals surface area contributed by atoms with E-state index in [0.717, 1.165) is 0 Å². The molecule has 1 unspecified atom stereocenters. The first-order chi connectivity index (χ1) is 7.13. The average Bonchev–Trinajstić information content (AvgIpc) is 2.69. The summed E-state index contributed by atoms with van der Waals surface area (Å²) >= 11 is 0. The van der Waals surface area contributed by atoms with Crippen LogP contribution in [0.4, 0.5) is 4.79 Å². The molecule has 1 aromatic rings. The Bertz CT molecular complexity index is 336. The Morgan fingerprint density at radius 2 is 2.40 bits per heavy atom. The lowest BCUT2D eigenvalue weighted by Crippen LogP contribution is -2.41. The third-order valence-corrected chi connectivity index (χ3v) is 1.85. The Morgan fingerprint density at radius 1 is 1.67 bits per heavy atom. The van der Waals surface area contributed by atoms with Crippen molar-refractivity contribution in [3.63, 3.8) is 0 Å². The highest BCUT2D eigenvalue weighted by molar-refractivity contribution is 5.85. The van der Waals surface area contributed by atoms with Crippen molar-refractivity contribution in [1.29, 1.82) is 0 Å². The molecule has 1 aromatic heterocycles. The van der Waals surface area contributed by atoms with Crippen molar-refractivity contribution in [2.75, 3.05) is 7.11 Å². The molecule has 0 aliphatic heterocycles. The number of alkyl carbamates (subject to hydrolysis) is 1. The van der Waals surface area contributed by atoms with E-state index in [1.165, 1.54) is 20.2 Å². The van der Waals surface area contributed by atoms with E-state index in [-0.39, 0.29) is 5.78 Å². The maximum Gasteiger partial charge on any atom is 0.407 e. The number of Topliss-reactive ketones (excluding diaryl/α,β-unsaturated/α-hetero) is 1. The van der Waals surface area contributed by atoms with Gasteiger partial charge in [-0.15, -0.1) is 0 Å². The van der Waals surface area contributed by atoms with Gasteiger partial charge in [-0.3, -0.25) is 4.79 Å². The highest BCUT2D eigenvalue weighted by Crippen LogP contribution is 1.98. The first kappa shape index (κ1) is 11.2. The number of methoxy groups -OCH3 is 1. The van der Waals surface area contributed by atoms with Gasteiger partial charge in [0, 0.05) is 6.42 Å². The summed E-state index contributed by atoms with van der Waals surface area (Å²) in [4.78, 5) is 22.1. The molecule has 0 saturated heterocycles. The molecule has 82 valence electrons. The fraction of sp³-hybridized carbons (Fsp3) is 0.500. The van der Waals surface area contributed by atoms with Crippen LogP contribution in [-0.2, 0) is 16.0 Å². The number of H-pyrrole nitrogens is 1. The SMILES string of the molecule is COC(=O)NC(Cc1cn[nH]n1)C(C)=O. The second kappa shape index (κ2) is 5.08. The van der Waals surface area contributed by atoms with Crippen LogP contribution in [0, 0.1) is 0 Å². The van der Waals surface area contributed by atoms with E-state index in [4.69, 9.17) is 0 Å². The van der Waals surface area contributed by atoms with Gasteiger partial charge in [-0.1, -0.05) is 0 Å². The minimum Gasteiger partial charge on any atom is -0.453 e. The number of amides is 1. The van der Waals surface area contributed by atoms with Crippen LogP contribution in [0.3, 0.4) is 0 Å². The molecule has 0 spiro atoms. The molecule has 0 aliphatic carbocycles. The number of hydrogen-bond donors (Lipinski definition) is 2. The lowest BCUT2D eigenvalue weighted by atomic mass is 10.1. The normalized spacial score (nSPS) is 11.9. The molecule has 0 radical (unpaired) electrons. The standard InChI is InChI=1S/C8H12N4O3/c1-5(13)7(10-8(14)15-2)3-6-4-9-12-11-6/h4,7H,3H2,1-2H3,(H,10,14)(H,9,11,12). The largest absolute Gasteiger partial charge is 0.453 e. The summed E-state index contributed by atoms with van der Waals surface area (Å²) in [6.07, 6.45) is 1.15. The van der Waals surface area contributed by atoms with Crippen molar-refractivity contribution in [3.8, 4) is 0 Å². The quantitative estimate of drug-likeness (QED) is 0.711. The van der Waals surface area contributed by atoms with Gasteiger partial charge >= 0.3 is 6.09 Å². The number of nitrogens with zero attached hydrogens (tertiary/aromatic N) is 2. The maximum absolute atomic E-state index is 11.2. The first-order valence-corrected chi connectivity index (χ1v) is 4.33. The van der Waals surface area contributed by atoms with Gasteiger partial charge in [0.1, 0.15) is 0 Å². The fourth-order valence-electron chi connectivity index (χ4n) is 1.03. The van der Waals surface area contributed by atoms with Gasteiger partial charge < -0.3 is 10.1 Å². The minimum absolute atomic E-state index is 0.164.